The SMILES string of the molecule is N#Cc1c(C(F)F)ncc(I)c1S(N)(=O)=O. The van der Waals surface area contributed by atoms with Crippen LogP contribution in [-0.2, 0) is 10.0 Å². The van der Waals surface area contributed by atoms with Crippen LogP contribution in [0.5, 0.6) is 0 Å². The van der Waals surface area contributed by atoms with Gasteiger partial charge in [-0.3, -0.25) is 4.98 Å². The zero-order valence-corrected chi connectivity index (χ0v) is 10.5. The molecule has 5 nitrogen and oxygen atoms in total. The maximum Gasteiger partial charge on any atom is 0.281 e. The molecule has 0 aliphatic rings. The van der Waals surface area contributed by atoms with E-state index in [-0.39, 0.29) is 3.57 Å². The van der Waals surface area contributed by atoms with E-state index in [0.29, 0.717) is 0 Å². The summed E-state index contributed by atoms with van der Waals surface area (Å²) >= 11 is 1.56. The van der Waals surface area contributed by atoms with Crippen LogP contribution < -0.4 is 5.14 Å². The van der Waals surface area contributed by atoms with E-state index in [1.165, 1.54) is 6.07 Å². The minimum absolute atomic E-state index is 0.0288. The summed E-state index contributed by atoms with van der Waals surface area (Å²) < 4.78 is 47.3. The fourth-order valence-corrected chi connectivity index (χ4v) is 3.13. The van der Waals surface area contributed by atoms with Gasteiger partial charge >= 0.3 is 0 Å². The van der Waals surface area contributed by atoms with Gasteiger partial charge < -0.3 is 0 Å². The molecule has 0 aliphatic carbocycles. The molecule has 0 spiro atoms. The molecule has 0 fully saturated rings. The highest BCUT2D eigenvalue weighted by molar-refractivity contribution is 14.1. The van der Waals surface area contributed by atoms with Crippen LogP contribution in [0.25, 0.3) is 0 Å². The number of hydrogen-bond acceptors (Lipinski definition) is 4. The van der Waals surface area contributed by atoms with Gasteiger partial charge in [0.15, 0.2) is 0 Å². The van der Waals surface area contributed by atoms with Crippen molar-refractivity contribution in [1.29, 1.82) is 5.26 Å². The lowest BCUT2D eigenvalue weighted by Crippen LogP contribution is -2.17. The number of hydrogen-bond donors (Lipinski definition) is 1. The van der Waals surface area contributed by atoms with Crippen molar-refractivity contribution >= 4 is 32.6 Å². The summed E-state index contributed by atoms with van der Waals surface area (Å²) in [5, 5.41) is 13.5. The molecule has 0 radical (unpaired) electrons. The largest absolute Gasteiger partial charge is 0.281 e. The van der Waals surface area contributed by atoms with Crippen molar-refractivity contribution in [2.24, 2.45) is 5.14 Å². The maximum absolute atomic E-state index is 12.5. The summed E-state index contributed by atoms with van der Waals surface area (Å²) in [5.41, 5.74) is -1.59. The van der Waals surface area contributed by atoms with E-state index in [1.807, 2.05) is 0 Å². The third-order valence-corrected chi connectivity index (χ3v) is 3.80. The second-order valence-corrected chi connectivity index (χ2v) is 5.31. The summed E-state index contributed by atoms with van der Waals surface area (Å²) in [4.78, 5) is 2.71. The Morgan fingerprint density at radius 2 is 2.12 bits per heavy atom. The van der Waals surface area contributed by atoms with Crippen LogP contribution in [0.15, 0.2) is 11.1 Å². The number of halogens is 3. The zero-order valence-electron chi connectivity index (χ0n) is 7.49. The van der Waals surface area contributed by atoms with E-state index in [4.69, 9.17) is 10.4 Å². The average Bonchev–Trinajstić information content (AvgIpc) is 2.14. The highest BCUT2D eigenvalue weighted by Crippen LogP contribution is 2.28. The Balaban J connectivity index is 3.74. The molecule has 1 aromatic rings. The van der Waals surface area contributed by atoms with Crippen molar-refractivity contribution in [3.63, 3.8) is 0 Å². The van der Waals surface area contributed by atoms with E-state index in [9.17, 15) is 17.2 Å². The third-order valence-electron chi connectivity index (χ3n) is 1.62. The molecule has 0 aliphatic heterocycles. The number of rotatable bonds is 2. The molecule has 1 heterocycles. The standard InChI is InChI=1S/C7H4F2IN3O2S/c8-7(9)5-3(1-11)6(16(12,14)15)4(10)2-13-5/h2,7H,(H2,12,14,15). The van der Waals surface area contributed by atoms with Crippen molar-refractivity contribution in [3.8, 4) is 6.07 Å². The topological polar surface area (TPSA) is 96.8 Å². The van der Waals surface area contributed by atoms with Crippen molar-refractivity contribution in [2.75, 3.05) is 0 Å². The van der Waals surface area contributed by atoms with Crippen LogP contribution in [0.3, 0.4) is 0 Å². The number of primary sulfonamides is 1. The number of sulfonamides is 1. The van der Waals surface area contributed by atoms with Crippen molar-refractivity contribution < 1.29 is 17.2 Å². The smallest absolute Gasteiger partial charge is 0.253 e. The van der Waals surface area contributed by atoms with Crippen molar-refractivity contribution in [2.45, 2.75) is 11.3 Å². The summed E-state index contributed by atoms with van der Waals surface area (Å²) in [6.07, 6.45) is -2.10. The zero-order chi connectivity index (χ0) is 12.5. The summed E-state index contributed by atoms with van der Waals surface area (Å²) in [7, 11) is -4.24. The van der Waals surface area contributed by atoms with Crippen molar-refractivity contribution in [1.82, 2.24) is 4.98 Å². The predicted octanol–water partition coefficient (Wildman–Crippen LogP) is 1.14. The lowest BCUT2D eigenvalue weighted by atomic mass is 10.2. The van der Waals surface area contributed by atoms with E-state index < -0.39 is 32.6 Å². The van der Waals surface area contributed by atoms with Gasteiger partial charge in [0.25, 0.3) is 6.43 Å². The Labute approximate surface area is 103 Å². The number of pyridine rings is 1. The first-order chi connectivity index (χ1) is 7.29. The van der Waals surface area contributed by atoms with Gasteiger partial charge in [-0.2, -0.15) is 5.26 Å². The lowest BCUT2D eigenvalue weighted by Gasteiger charge is -2.07. The molecular formula is C7H4F2IN3O2S. The quantitative estimate of drug-likeness (QED) is 0.801. The van der Waals surface area contributed by atoms with Gasteiger partial charge in [-0.25, -0.2) is 22.3 Å². The number of nitrogens with zero attached hydrogens (tertiary/aromatic N) is 2. The molecule has 86 valence electrons. The Morgan fingerprint density at radius 3 is 2.50 bits per heavy atom. The fourth-order valence-electron chi connectivity index (χ4n) is 1.04. The lowest BCUT2D eigenvalue weighted by molar-refractivity contribution is 0.145. The molecule has 0 bridgehead atoms. The Hall–Kier alpha value is -0.860. The molecule has 16 heavy (non-hydrogen) atoms. The maximum atomic E-state index is 12.5. The molecule has 0 saturated carbocycles. The van der Waals surface area contributed by atoms with E-state index in [2.05, 4.69) is 4.98 Å². The molecule has 1 aromatic heterocycles. The van der Waals surface area contributed by atoms with Gasteiger partial charge in [0.05, 0.1) is 3.57 Å². The van der Waals surface area contributed by atoms with Crippen LogP contribution in [0, 0.1) is 14.9 Å². The van der Waals surface area contributed by atoms with E-state index in [0.717, 1.165) is 6.20 Å². The first-order valence-electron chi connectivity index (χ1n) is 3.68. The normalized spacial score (nSPS) is 11.5. The van der Waals surface area contributed by atoms with Crippen molar-refractivity contribution in [3.05, 3.63) is 21.0 Å². The molecule has 0 saturated heterocycles. The molecule has 0 aromatic carbocycles. The summed E-state index contributed by atoms with van der Waals surface area (Å²) in [6.45, 7) is 0. The first-order valence-corrected chi connectivity index (χ1v) is 6.31. The molecule has 1 rings (SSSR count). The minimum Gasteiger partial charge on any atom is -0.253 e. The second kappa shape index (κ2) is 4.56. The Kier molecular flexibility index (Phi) is 3.76. The van der Waals surface area contributed by atoms with Gasteiger partial charge in [-0.1, -0.05) is 0 Å². The highest BCUT2D eigenvalue weighted by Gasteiger charge is 2.25. The van der Waals surface area contributed by atoms with Crippen LogP contribution >= 0.6 is 22.6 Å². The first kappa shape index (κ1) is 13.2. The van der Waals surface area contributed by atoms with Crippen LogP contribution in [-0.4, -0.2) is 13.4 Å². The monoisotopic (exact) mass is 359 g/mol. The summed E-state index contributed by atoms with van der Waals surface area (Å²) in [5.74, 6) is 0. The van der Waals surface area contributed by atoms with Gasteiger partial charge in [-0.15, -0.1) is 0 Å². The predicted molar refractivity (Wildman–Crippen MR) is 58.0 cm³/mol. The average molecular weight is 359 g/mol. The van der Waals surface area contributed by atoms with Gasteiger partial charge in [0, 0.05) is 6.20 Å². The van der Waals surface area contributed by atoms with Crippen LogP contribution in [0.1, 0.15) is 17.7 Å². The van der Waals surface area contributed by atoms with Crippen LogP contribution in [0.2, 0.25) is 0 Å². The number of nitriles is 1. The summed E-state index contributed by atoms with van der Waals surface area (Å²) in [6, 6.07) is 1.39. The molecule has 2 N–H and O–H groups in total. The molecule has 9 heteroatoms. The second-order valence-electron chi connectivity index (χ2n) is 2.65. The van der Waals surface area contributed by atoms with Crippen LogP contribution in [0.4, 0.5) is 8.78 Å². The number of aromatic nitrogens is 1. The number of nitrogens with two attached hydrogens (primary N) is 1. The minimum atomic E-state index is -4.24. The van der Waals surface area contributed by atoms with E-state index >= 15 is 0 Å². The molecule has 0 amide bonds. The third kappa shape index (κ3) is 2.45. The molecular weight excluding hydrogens is 355 g/mol. The van der Waals surface area contributed by atoms with Gasteiger partial charge in [0.2, 0.25) is 10.0 Å². The molecule has 0 unspecified atom stereocenters. The van der Waals surface area contributed by atoms with E-state index in [1.54, 1.807) is 22.6 Å². The fraction of sp³-hybridized carbons (Fsp3) is 0.143. The van der Waals surface area contributed by atoms with Gasteiger partial charge in [0.1, 0.15) is 22.2 Å². The highest BCUT2D eigenvalue weighted by atomic mass is 127. The number of alkyl halides is 2. The molecule has 0 atom stereocenters. The Morgan fingerprint density at radius 1 is 1.56 bits per heavy atom. The van der Waals surface area contributed by atoms with Gasteiger partial charge in [-0.05, 0) is 22.6 Å². The Bertz CT molecular complexity index is 568.